The van der Waals surface area contributed by atoms with Crippen molar-refractivity contribution in [2.24, 2.45) is 0 Å². The van der Waals surface area contributed by atoms with Gasteiger partial charge in [-0.1, -0.05) is 41.9 Å². The standard InChI is InChI=1S/C31H26ClN3O4/c1-38-28-10-5-2-7-22(28)30-29-24(17-19(18-26(29)36)27-11-6-16-39-27)34-23-8-3-4-9-25(23)35(30)31(37)33-21-14-12-20(32)13-15-21/h2-16,19,30,34H,17-18H2,1H3,(H,33,37). The second kappa shape index (κ2) is 10.3. The van der Waals surface area contributed by atoms with E-state index in [2.05, 4.69) is 10.6 Å². The zero-order valence-electron chi connectivity index (χ0n) is 21.2. The molecule has 0 saturated heterocycles. The molecule has 196 valence electrons. The van der Waals surface area contributed by atoms with E-state index in [-0.39, 0.29) is 18.1 Å². The number of allylic oxidation sites excluding steroid dienone is 1. The number of carbonyl (C=O) groups is 2. The summed E-state index contributed by atoms with van der Waals surface area (Å²) in [6, 6.07) is 24.6. The molecule has 0 spiro atoms. The van der Waals surface area contributed by atoms with E-state index < -0.39 is 12.1 Å². The van der Waals surface area contributed by atoms with E-state index in [1.54, 1.807) is 42.5 Å². The van der Waals surface area contributed by atoms with Gasteiger partial charge in [0.05, 0.1) is 30.8 Å². The molecular formula is C31H26ClN3O4. The number of nitrogens with one attached hydrogen (secondary N) is 2. The summed E-state index contributed by atoms with van der Waals surface area (Å²) in [7, 11) is 1.59. The number of ketones is 1. The summed E-state index contributed by atoms with van der Waals surface area (Å²) >= 11 is 6.07. The molecule has 1 aliphatic carbocycles. The van der Waals surface area contributed by atoms with Gasteiger partial charge >= 0.3 is 6.03 Å². The van der Waals surface area contributed by atoms with Gasteiger partial charge in [0.15, 0.2) is 5.78 Å². The number of halogens is 1. The summed E-state index contributed by atoms with van der Waals surface area (Å²) in [6.07, 6.45) is 2.45. The summed E-state index contributed by atoms with van der Waals surface area (Å²) in [5.41, 5.74) is 3.95. The fourth-order valence-corrected chi connectivity index (χ4v) is 5.57. The number of benzene rings is 3. The number of carbonyl (C=O) groups excluding carboxylic acids is 2. The highest BCUT2D eigenvalue weighted by molar-refractivity contribution is 6.30. The number of hydrogen-bond acceptors (Lipinski definition) is 5. The van der Waals surface area contributed by atoms with E-state index in [0.29, 0.717) is 39.7 Å². The van der Waals surface area contributed by atoms with E-state index in [9.17, 15) is 9.59 Å². The average molecular weight is 540 g/mol. The summed E-state index contributed by atoms with van der Waals surface area (Å²) in [5.74, 6) is 1.18. The fraction of sp³-hybridized carbons (Fsp3) is 0.161. The molecular weight excluding hydrogens is 514 g/mol. The maximum atomic E-state index is 14.1. The lowest BCUT2D eigenvalue weighted by molar-refractivity contribution is -0.116. The van der Waals surface area contributed by atoms with Crippen LogP contribution in [0.25, 0.3) is 0 Å². The molecule has 1 aliphatic heterocycles. The van der Waals surface area contributed by atoms with Gasteiger partial charge in [-0.3, -0.25) is 9.69 Å². The number of Topliss-reactive ketones (excluding diaryl/α,β-unsaturated/α-hetero) is 1. The molecule has 6 rings (SSSR count). The van der Waals surface area contributed by atoms with Crippen LogP contribution >= 0.6 is 11.6 Å². The van der Waals surface area contributed by atoms with Gasteiger partial charge in [0.2, 0.25) is 0 Å². The molecule has 39 heavy (non-hydrogen) atoms. The van der Waals surface area contributed by atoms with Crippen LogP contribution < -0.4 is 20.3 Å². The molecule has 2 N–H and O–H groups in total. The van der Waals surface area contributed by atoms with Crippen LogP contribution in [0, 0.1) is 0 Å². The van der Waals surface area contributed by atoms with Crippen molar-refractivity contribution in [1.82, 2.24) is 0 Å². The van der Waals surface area contributed by atoms with Crippen molar-refractivity contribution in [2.75, 3.05) is 22.6 Å². The summed E-state index contributed by atoms with van der Waals surface area (Å²) in [4.78, 5) is 29.8. The van der Waals surface area contributed by atoms with Gasteiger partial charge in [-0.2, -0.15) is 0 Å². The largest absolute Gasteiger partial charge is 0.496 e. The Morgan fingerprint density at radius 1 is 1.00 bits per heavy atom. The number of rotatable bonds is 4. The molecule has 2 unspecified atom stereocenters. The molecule has 2 atom stereocenters. The van der Waals surface area contributed by atoms with Gasteiger partial charge in [0, 0.05) is 39.9 Å². The Kier molecular flexibility index (Phi) is 6.59. The monoisotopic (exact) mass is 539 g/mol. The van der Waals surface area contributed by atoms with Crippen LogP contribution in [0.1, 0.15) is 36.1 Å². The van der Waals surface area contributed by atoms with E-state index in [4.69, 9.17) is 20.8 Å². The molecule has 2 amide bonds. The Morgan fingerprint density at radius 3 is 2.54 bits per heavy atom. The van der Waals surface area contributed by atoms with E-state index >= 15 is 0 Å². The van der Waals surface area contributed by atoms with Crippen molar-refractivity contribution in [3.8, 4) is 5.75 Å². The Bertz CT molecular complexity index is 1560. The first kappa shape index (κ1) is 24.8. The summed E-state index contributed by atoms with van der Waals surface area (Å²) in [6.45, 7) is 0. The van der Waals surface area contributed by atoms with Crippen molar-refractivity contribution in [3.63, 3.8) is 0 Å². The lowest BCUT2D eigenvalue weighted by atomic mass is 9.80. The molecule has 8 heteroatoms. The number of anilines is 3. The first-order valence-corrected chi connectivity index (χ1v) is 13.1. The van der Waals surface area contributed by atoms with E-state index in [0.717, 1.165) is 17.1 Å². The number of ether oxygens (including phenoxy) is 1. The summed E-state index contributed by atoms with van der Waals surface area (Å²) < 4.78 is 11.4. The van der Waals surface area contributed by atoms with Crippen molar-refractivity contribution in [2.45, 2.75) is 24.8 Å². The van der Waals surface area contributed by atoms with Crippen molar-refractivity contribution >= 4 is 40.5 Å². The highest BCUT2D eigenvalue weighted by atomic mass is 35.5. The smallest absolute Gasteiger partial charge is 0.327 e. The molecule has 7 nitrogen and oxygen atoms in total. The molecule has 2 heterocycles. The topological polar surface area (TPSA) is 83.8 Å². The number of furan rings is 1. The number of nitrogens with zero attached hydrogens (tertiary/aromatic N) is 1. The predicted molar refractivity (Wildman–Crippen MR) is 151 cm³/mol. The second-order valence-electron chi connectivity index (χ2n) is 9.53. The van der Waals surface area contributed by atoms with Gasteiger partial charge in [-0.25, -0.2) is 4.79 Å². The fourth-order valence-electron chi connectivity index (χ4n) is 5.44. The van der Waals surface area contributed by atoms with Crippen molar-refractivity contribution in [1.29, 1.82) is 0 Å². The maximum absolute atomic E-state index is 14.1. The van der Waals surface area contributed by atoms with Crippen LogP contribution in [0.2, 0.25) is 5.02 Å². The lowest BCUT2D eigenvalue weighted by Crippen LogP contribution is -2.41. The number of methoxy groups -OCH3 is 1. The quantitative estimate of drug-likeness (QED) is 0.280. The van der Waals surface area contributed by atoms with Gasteiger partial charge in [0.1, 0.15) is 11.5 Å². The van der Waals surface area contributed by atoms with Gasteiger partial charge in [-0.15, -0.1) is 0 Å². The second-order valence-corrected chi connectivity index (χ2v) is 9.97. The van der Waals surface area contributed by atoms with E-state index in [1.165, 1.54) is 0 Å². The third kappa shape index (κ3) is 4.66. The maximum Gasteiger partial charge on any atom is 0.327 e. The van der Waals surface area contributed by atoms with Crippen LogP contribution in [-0.4, -0.2) is 18.9 Å². The van der Waals surface area contributed by atoms with Crippen LogP contribution in [-0.2, 0) is 4.79 Å². The number of fused-ring (bicyclic) bond motifs is 1. The first-order valence-electron chi connectivity index (χ1n) is 12.7. The minimum atomic E-state index is -0.746. The molecule has 2 aliphatic rings. The molecule has 0 bridgehead atoms. The molecule has 3 aromatic carbocycles. The molecule has 4 aromatic rings. The Balaban J connectivity index is 1.54. The minimum absolute atomic E-state index is 0.0573. The zero-order chi connectivity index (χ0) is 26.9. The first-order chi connectivity index (χ1) is 19.0. The Hall–Kier alpha value is -4.49. The summed E-state index contributed by atoms with van der Waals surface area (Å²) in [5, 5.41) is 7.08. The molecule has 0 radical (unpaired) electrons. The Morgan fingerprint density at radius 2 is 1.77 bits per heavy atom. The van der Waals surface area contributed by atoms with Crippen molar-refractivity contribution in [3.05, 3.63) is 119 Å². The van der Waals surface area contributed by atoms with Gasteiger partial charge < -0.3 is 19.8 Å². The van der Waals surface area contributed by atoms with Crippen LogP contribution in [0.5, 0.6) is 5.75 Å². The number of urea groups is 1. The number of para-hydroxylation sites is 3. The highest BCUT2D eigenvalue weighted by Crippen LogP contribution is 2.49. The normalized spacial score (nSPS) is 18.5. The molecule has 1 aromatic heterocycles. The lowest BCUT2D eigenvalue weighted by Gasteiger charge is -2.35. The zero-order valence-corrected chi connectivity index (χ0v) is 21.9. The highest BCUT2D eigenvalue weighted by Gasteiger charge is 2.43. The van der Waals surface area contributed by atoms with Crippen LogP contribution in [0.3, 0.4) is 0 Å². The third-order valence-electron chi connectivity index (χ3n) is 7.18. The molecule has 0 fully saturated rings. The average Bonchev–Trinajstić information content (AvgIpc) is 3.44. The van der Waals surface area contributed by atoms with Crippen molar-refractivity contribution < 1.29 is 18.7 Å². The van der Waals surface area contributed by atoms with Crippen LogP contribution in [0.15, 0.2) is 107 Å². The SMILES string of the molecule is COc1ccccc1C1C2=C(CC(c3ccco3)CC2=O)Nc2ccccc2N1C(=O)Nc1ccc(Cl)cc1. The van der Waals surface area contributed by atoms with E-state index in [1.807, 2.05) is 60.7 Å². The minimum Gasteiger partial charge on any atom is -0.496 e. The molecule has 0 saturated carbocycles. The number of hydrogen-bond donors (Lipinski definition) is 2. The van der Waals surface area contributed by atoms with Gasteiger partial charge in [-0.05, 0) is 61.0 Å². The van der Waals surface area contributed by atoms with Crippen LogP contribution in [0.4, 0.5) is 21.9 Å². The van der Waals surface area contributed by atoms with Gasteiger partial charge in [0.25, 0.3) is 0 Å². The third-order valence-corrected chi connectivity index (χ3v) is 7.43. The predicted octanol–water partition coefficient (Wildman–Crippen LogP) is 7.55. The number of amides is 2. The Labute approximate surface area is 231 Å².